The predicted octanol–water partition coefficient (Wildman–Crippen LogP) is 4.14. The van der Waals surface area contributed by atoms with Crippen LogP contribution in [-0.4, -0.2) is 49.4 Å². The van der Waals surface area contributed by atoms with E-state index in [0.717, 1.165) is 30.3 Å². The van der Waals surface area contributed by atoms with E-state index in [2.05, 4.69) is 22.3 Å². The number of anilines is 1. The molecule has 0 spiro atoms. The number of halogens is 1. The highest BCUT2D eigenvalue weighted by Crippen LogP contribution is 2.28. The van der Waals surface area contributed by atoms with Crippen LogP contribution in [0.4, 0.5) is 5.69 Å². The number of ether oxygens (including phenoxy) is 2. The number of aliphatic hydroxyl groups is 1. The third kappa shape index (κ3) is 7.08. The highest BCUT2D eigenvalue weighted by Gasteiger charge is 2.15. The van der Waals surface area contributed by atoms with Crippen molar-refractivity contribution in [1.82, 2.24) is 4.90 Å². The Morgan fingerprint density at radius 2 is 1.83 bits per heavy atom. The van der Waals surface area contributed by atoms with Crippen LogP contribution in [-0.2, 0) is 6.54 Å². The van der Waals surface area contributed by atoms with Crippen molar-refractivity contribution in [2.75, 3.05) is 38.7 Å². The molecule has 0 saturated carbocycles. The Labute approximate surface area is 190 Å². The molecule has 158 valence electrons. The van der Waals surface area contributed by atoms with Crippen LogP contribution in [0.1, 0.15) is 24.8 Å². The molecule has 0 atom stereocenters. The lowest BCUT2D eigenvalue weighted by Crippen LogP contribution is -2.40. The lowest BCUT2D eigenvalue weighted by Gasteiger charge is -2.30. The maximum absolute atomic E-state index is 8.94. The number of likely N-dealkylation sites (tertiary alicyclic amines) is 1. The van der Waals surface area contributed by atoms with Gasteiger partial charge in [0.15, 0.2) is 17.5 Å². The number of aliphatic imine (C=N–C) groups is 1. The van der Waals surface area contributed by atoms with Gasteiger partial charge in [0.1, 0.15) is 6.61 Å². The van der Waals surface area contributed by atoms with E-state index in [4.69, 9.17) is 19.6 Å². The zero-order valence-electron chi connectivity index (χ0n) is 16.8. The van der Waals surface area contributed by atoms with Crippen LogP contribution >= 0.6 is 24.0 Å². The molecule has 0 aromatic heterocycles. The Bertz CT molecular complexity index is 765. The van der Waals surface area contributed by atoms with E-state index in [-0.39, 0.29) is 37.2 Å². The Hall–Kier alpha value is -2.00. The molecule has 1 heterocycles. The minimum Gasteiger partial charge on any atom is -0.493 e. The molecule has 1 aliphatic rings. The van der Waals surface area contributed by atoms with Gasteiger partial charge >= 0.3 is 0 Å². The number of nitrogens with zero attached hydrogens (tertiary/aromatic N) is 2. The molecular weight excluding hydrogens is 481 g/mol. The van der Waals surface area contributed by atoms with E-state index < -0.39 is 0 Å². The molecule has 2 N–H and O–H groups in total. The molecule has 0 unspecified atom stereocenters. The normalized spacial score (nSPS) is 14.1. The zero-order valence-corrected chi connectivity index (χ0v) is 19.2. The van der Waals surface area contributed by atoms with Crippen molar-refractivity contribution in [3.8, 4) is 11.5 Å². The lowest BCUT2D eigenvalue weighted by atomic mass is 10.1. The van der Waals surface area contributed by atoms with Crippen molar-refractivity contribution >= 4 is 35.6 Å². The minimum absolute atomic E-state index is 0. The maximum Gasteiger partial charge on any atom is 0.198 e. The van der Waals surface area contributed by atoms with E-state index in [1.807, 2.05) is 36.4 Å². The summed E-state index contributed by atoms with van der Waals surface area (Å²) in [6, 6.07) is 15.9. The predicted molar refractivity (Wildman–Crippen MR) is 128 cm³/mol. The van der Waals surface area contributed by atoms with Crippen LogP contribution in [0.5, 0.6) is 11.5 Å². The molecule has 0 bridgehead atoms. The van der Waals surface area contributed by atoms with Gasteiger partial charge in [0, 0.05) is 18.8 Å². The molecule has 0 radical (unpaired) electrons. The van der Waals surface area contributed by atoms with E-state index >= 15 is 0 Å². The molecular formula is C22H30IN3O3. The Morgan fingerprint density at radius 3 is 2.52 bits per heavy atom. The number of rotatable bonds is 7. The van der Waals surface area contributed by atoms with Gasteiger partial charge in [-0.25, -0.2) is 4.99 Å². The zero-order chi connectivity index (χ0) is 19.6. The summed E-state index contributed by atoms with van der Waals surface area (Å²) in [5.41, 5.74) is 2.08. The SMILES string of the molecule is COc1cc(CN=C(Nc2ccccc2)N2CCCCC2)ccc1OCCO.I. The van der Waals surface area contributed by atoms with Gasteiger partial charge in [-0.05, 0) is 49.1 Å². The van der Waals surface area contributed by atoms with Crippen molar-refractivity contribution in [3.05, 3.63) is 54.1 Å². The van der Waals surface area contributed by atoms with Crippen molar-refractivity contribution in [3.63, 3.8) is 0 Å². The Morgan fingerprint density at radius 1 is 1.07 bits per heavy atom. The van der Waals surface area contributed by atoms with Crippen molar-refractivity contribution < 1.29 is 14.6 Å². The smallest absolute Gasteiger partial charge is 0.198 e. The molecule has 2 aromatic carbocycles. The number of nitrogens with one attached hydrogen (secondary N) is 1. The van der Waals surface area contributed by atoms with Gasteiger partial charge in [-0.15, -0.1) is 24.0 Å². The van der Waals surface area contributed by atoms with Crippen LogP contribution in [0.3, 0.4) is 0 Å². The van der Waals surface area contributed by atoms with Crippen LogP contribution in [0.25, 0.3) is 0 Å². The summed E-state index contributed by atoms with van der Waals surface area (Å²) in [4.78, 5) is 7.20. The fourth-order valence-corrected chi connectivity index (χ4v) is 3.23. The van der Waals surface area contributed by atoms with Gasteiger partial charge in [-0.2, -0.15) is 0 Å². The summed E-state index contributed by atoms with van der Waals surface area (Å²) in [7, 11) is 1.62. The fourth-order valence-electron chi connectivity index (χ4n) is 3.23. The fraction of sp³-hybridized carbons (Fsp3) is 0.409. The van der Waals surface area contributed by atoms with Crippen LogP contribution in [0, 0.1) is 0 Å². The van der Waals surface area contributed by atoms with Gasteiger partial charge in [0.25, 0.3) is 0 Å². The van der Waals surface area contributed by atoms with Crippen LogP contribution < -0.4 is 14.8 Å². The van der Waals surface area contributed by atoms with Gasteiger partial charge < -0.3 is 24.8 Å². The summed E-state index contributed by atoms with van der Waals surface area (Å²) in [5.74, 6) is 2.19. The summed E-state index contributed by atoms with van der Waals surface area (Å²) in [6.07, 6.45) is 3.67. The third-order valence-electron chi connectivity index (χ3n) is 4.67. The van der Waals surface area contributed by atoms with E-state index in [1.165, 1.54) is 19.3 Å². The first-order valence-electron chi connectivity index (χ1n) is 9.82. The van der Waals surface area contributed by atoms with Crippen LogP contribution in [0.15, 0.2) is 53.5 Å². The highest BCUT2D eigenvalue weighted by atomic mass is 127. The number of benzene rings is 2. The summed E-state index contributed by atoms with van der Waals surface area (Å²) in [5, 5.41) is 12.4. The topological polar surface area (TPSA) is 66.3 Å². The van der Waals surface area contributed by atoms with Gasteiger partial charge in [-0.1, -0.05) is 24.3 Å². The molecule has 1 saturated heterocycles. The van der Waals surface area contributed by atoms with E-state index in [9.17, 15) is 0 Å². The second-order valence-corrected chi connectivity index (χ2v) is 6.74. The van der Waals surface area contributed by atoms with Gasteiger partial charge in [-0.3, -0.25) is 0 Å². The summed E-state index contributed by atoms with van der Waals surface area (Å²) in [6.45, 7) is 2.81. The molecule has 6 nitrogen and oxygen atoms in total. The number of methoxy groups -OCH3 is 1. The van der Waals surface area contributed by atoms with Crippen molar-refractivity contribution in [1.29, 1.82) is 0 Å². The Kier molecular flexibility index (Phi) is 10.1. The minimum atomic E-state index is -0.0282. The molecule has 0 amide bonds. The number of hydrogen-bond acceptors (Lipinski definition) is 4. The Balaban J connectivity index is 0.00000300. The van der Waals surface area contributed by atoms with Gasteiger partial charge in [0.05, 0.1) is 20.3 Å². The molecule has 7 heteroatoms. The number of para-hydroxylation sites is 1. The molecule has 29 heavy (non-hydrogen) atoms. The maximum atomic E-state index is 8.94. The van der Waals surface area contributed by atoms with Gasteiger partial charge in [0.2, 0.25) is 0 Å². The summed E-state index contributed by atoms with van der Waals surface area (Å²) < 4.78 is 10.9. The quantitative estimate of drug-likeness (QED) is 0.333. The average Bonchev–Trinajstić information content (AvgIpc) is 2.76. The van der Waals surface area contributed by atoms with E-state index in [0.29, 0.717) is 18.0 Å². The second kappa shape index (κ2) is 12.5. The third-order valence-corrected chi connectivity index (χ3v) is 4.67. The van der Waals surface area contributed by atoms with Crippen LogP contribution in [0.2, 0.25) is 0 Å². The first-order chi connectivity index (χ1) is 13.8. The number of aliphatic hydroxyl groups excluding tert-OH is 1. The highest BCUT2D eigenvalue weighted by molar-refractivity contribution is 14.0. The summed E-state index contributed by atoms with van der Waals surface area (Å²) >= 11 is 0. The standard InChI is InChI=1S/C22H29N3O3.HI/c1-27-21-16-18(10-11-20(21)28-15-14-26)17-23-22(25-12-6-3-7-13-25)24-19-8-4-2-5-9-19;/h2,4-5,8-11,16,26H,3,6-7,12-15,17H2,1H3,(H,23,24);1H. The molecule has 3 rings (SSSR count). The number of guanidine groups is 1. The van der Waals surface area contributed by atoms with Crippen molar-refractivity contribution in [2.24, 2.45) is 4.99 Å². The first kappa shape index (κ1) is 23.3. The lowest BCUT2D eigenvalue weighted by molar-refractivity contribution is 0.196. The van der Waals surface area contributed by atoms with Crippen molar-refractivity contribution in [2.45, 2.75) is 25.8 Å². The first-order valence-corrected chi connectivity index (χ1v) is 9.82. The molecule has 1 fully saturated rings. The molecule has 0 aliphatic carbocycles. The average molecular weight is 511 g/mol. The molecule has 1 aliphatic heterocycles. The number of piperidine rings is 1. The second-order valence-electron chi connectivity index (χ2n) is 6.74. The molecule has 2 aromatic rings. The largest absolute Gasteiger partial charge is 0.493 e. The number of hydrogen-bond donors (Lipinski definition) is 2. The van der Waals surface area contributed by atoms with E-state index in [1.54, 1.807) is 7.11 Å². The monoisotopic (exact) mass is 511 g/mol.